The van der Waals surface area contributed by atoms with Crippen LogP contribution < -0.4 is 11.1 Å². The van der Waals surface area contributed by atoms with Crippen LogP contribution in [0.3, 0.4) is 0 Å². The molecular formula is C11H10ClN3O2. The summed E-state index contributed by atoms with van der Waals surface area (Å²) in [5.74, 6) is 0.415. The molecule has 1 amide bonds. The van der Waals surface area contributed by atoms with E-state index in [1.165, 1.54) is 6.20 Å². The van der Waals surface area contributed by atoms with Crippen LogP contribution >= 0.6 is 11.6 Å². The molecule has 0 aliphatic rings. The second-order valence-corrected chi connectivity index (χ2v) is 3.68. The smallest absolute Gasteiger partial charge is 0.291 e. The molecule has 0 saturated heterocycles. The molecule has 2 heterocycles. The zero-order valence-electron chi connectivity index (χ0n) is 8.81. The molecule has 0 radical (unpaired) electrons. The zero-order chi connectivity index (χ0) is 12.3. The summed E-state index contributed by atoms with van der Waals surface area (Å²) in [6, 6.07) is 6.47. The van der Waals surface area contributed by atoms with Crippen LogP contribution in [0.2, 0.25) is 5.15 Å². The van der Waals surface area contributed by atoms with Gasteiger partial charge in [-0.25, -0.2) is 4.98 Å². The number of rotatable bonds is 3. The molecule has 0 aliphatic carbocycles. The highest BCUT2D eigenvalue weighted by Crippen LogP contribution is 2.13. The Bertz CT molecular complexity index is 522. The van der Waals surface area contributed by atoms with Crippen LogP contribution in [-0.2, 0) is 6.54 Å². The standard InChI is InChI=1S/C11H10ClN3O2/c12-10-4-1-7(6-14-10)15-11(16)9-3-2-8(5-13)17-9/h1-4,6H,5,13H2,(H,15,16). The van der Waals surface area contributed by atoms with E-state index in [1.807, 2.05) is 0 Å². The topological polar surface area (TPSA) is 81.2 Å². The predicted octanol–water partition coefficient (Wildman–Crippen LogP) is 2.04. The first-order valence-electron chi connectivity index (χ1n) is 4.91. The van der Waals surface area contributed by atoms with Gasteiger partial charge in [0.25, 0.3) is 5.91 Å². The summed E-state index contributed by atoms with van der Waals surface area (Å²) in [5.41, 5.74) is 5.93. The van der Waals surface area contributed by atoms with Gasteiger partial charge in [0.1, 0.15) is 10.9 Å². The molecule has 0 saturated carbocycles. The Morgan fingerprint density at radius 1 is 1.41 bits per heavy atom. The summed E-state index contributed by atoms with van der Waals surface area (Å²) in [5, 5.41) is 3.00. The molecule has 2 rings (SSSR count). The maximum absolute atomic E-state index is 11.7. The van der Waals surface area contributed by atoms with E-state index in [1.54, 1.807) is 24.3 Å². The molecule has 2 aromatic rings. The highest BCUT2D eigenvalue weighted by atomic mass is 35.5. The van der Waals surface area contributed by atoms with Crippen molar-refractivity contribution < 1.29 is 9.21 Å². The van der Waals surface area contributed by atoms with Gasteiger partial charge in [-0.3, -0.25) is 4.79 Å². The fraction of sp³-hybridized carbons (Fsp3) is 0.0909. The summed E-state index contributed by atoms with van der Waals surface area (Å²) in [7, 11) is 0. The number of nitrogens with two attached hydrogens (primary N) is 1. The highest BCUT2D eigenvalue weighted by molar-refractivity contribution is 6.29. The van der Waals surface area contributed by atoms with Crippen molar-refractivity contribution in [3.63, 3.8) is 0 Å². The third-order valence-electron chi connectivity index (χ3n) is 2.07. The number of halogens is 1. The number of aromatic nitrogens is 1. The molecule has 0 bridgehead atoms. The van der Waals surface area contributed by atoms with Crippen molar-refractivity contribution in [2.45, 2.75) is 6.54 Å². The largest absolute Gasteiger partial charge is 0.455 e. The normalized spacial score (nSPS) is 10.2. The Morgan fingerprint density at radius 2 is 2.24 bits per heavy atom. The number of nitrogens with one attached hydrogen (secondary N) is 1. The van der Waals surface area contributed by atoms with E-state index in [0.717, 1.165) is 0 Å². The second-order valence-electron chi connectivity index (χ2n) is 3.29. The molecule has 0 atom stereocenters. The second kappa shape index (κ2) is 4.99. The summed E-state index contributed by atoms with van der Waals surface area (Å²) < 4.78 is 5.21. The summed E-state index contributed by atoms with van der Waals surface area (Å²) in [6.07, 6.45) is 1.47. The average molecular weight is 252 g/mol. The lowest BCUT2D eigenvalue weighted by Crippen LogP contribution is -2.11. The molecule has 17 heavy (non-hydrogen) atoms. The van der Waals surface area contributed by atoms with Gasteiger partial charge >= 0.3 is 0 Å². The Labute approximate surface area is 103 Å². The minimum atomic E-state index is -0.353. The molecule has 0 aromatic carbocycles. The lowest BCUT2D eigenvalue weighted by Gasteiger charge is -2.02. The molecular weight excluding hydrogens is 242 g/mol. The highest BCUT2D eigenvalue weighted by Gasteiger charge is 2.10. The van der Waals surface area contributed by atoms with E-state index >= 15 is 0 Å². The van der Waals surface area contributed by atoms with Crippen LogP contribution in [0.25, 0.3) is 0 Å². The van der Waals surface area contributed by atoms with Crippen molar-refractivity contribution in [2.24, 2.45) is 5.73 Å². The van der Waals surface area contributed by atoms with Crippen LogP contribution in [0.15, 0.2) is 34.9 Å². The summed E-state index contributed by atoms with van der Waals surface area (Å²) in [4.78, 5) is 15.6. The Kier molecular flexibility index (Phi) is 3.41. The molecule has 5 nitrogen and oxygen atoms in total. The maximum Gasteiger partial charge on any atom is 0.291 e. The van der Waals surface area contributed by atoms with Gasteiger partial charge < -0.3 is 15.5 Å². The first kappa shape index (κ1) is 11.6. The minimum Gasteiger partial charge on any atom is -0.455 e. The number of pyridine rings is 1. The monoisotopic (exact) mass is 251 g/mol. The van der Waals surface area contributed by atoms with Gasteiger partial charge in [-0.15, -0.1) is 0 Å². The van der Waals surface area contributed by atoms with E-state index in [9.17, 15) is 4.79 Å². The van der Waals surface area contributed by atoms with Gasteiger partial charge in [0.05, 0.1) is 18.4 Å². The van der Waals surface area contributed by atoms with Gasteiger partial charge in [0.15, 0.2) is 5.76 Å². The van der Waals surface area contributed by atoms with Crippen molar-refractivity contribution in [1.82, 2.24) is 4.98 Å². The lowest BCUT2D eigenvalue weighted by molar-refractivity contribution is 0.0995. The molecule has 0 aliphatic heterocycles. The number of hydrogen-bond acceptors (Lipinski definition) is 4. The van der Waals surface area contributed by atoms with Crippen molar-refractivity contribution in [1.29, 1.82) is 0 Å². The van der Waals surface area contributed by atoms with E-state index in [0.29, 0.717) is 16.6 Å². The number of furan rings is 1. The zero-order valence-corrected chi connectivity index (χ0v) is 9.57. The van der Waals surface area contributed by atoms with Gasteiger partial charge in [-0.1, -0.05) is 11.6 Å². The molecule has 6 heteroatoms. The number of carbonyl (C=O) groups excluding carboxylic acids is 1. The molecule has 0 unspecified atom stereocenters. The Hall–Kier alpha value is -1.85. The van der Waals surface area contributed by atoms with Crippen LogP contribution in [0, 0.1) is 0 Å². The fourth-order valence-electron chi connectivity index (χ4n) is 1.25. The van der Waals surface area contributed by atoms with E-state index < -0.39 is 0 Å². The third-order valence-corrected chi connectivity index (χ3v) is 2.30. The first-order chi connectivity index (χ1) is 8.19. The summed E-state index contributed by atoms with van der Waals surface area (Å²) in [6.45, 7) is 0.260. The van der Waals surface area contributed by atoms with Gasteiger partial charge in [0.2, 0.25) is 0 Å². The van der Waals surface area contributed by atoms with Crippen molar-refractivity contribution in [3.8, 4) is 0 Å². The van der Waals surface area contributed by atoms with E-state index in [-0.39, 0.29) is 18.2 Å². The number of hydrogen-bond donors (Lipinski definition) is 2. The van der Waals surface area contributed by atoms with E-state index in [4.69, 9.17) is 21.8 Å². The number of carbonyl (C=O) groups is 1. The number of amides is 1. The minimum absolute atomic E-state index is 0.209. The van der Waals surface area contributed by atoms with Gasteiger partial charge in [-0.05, 0) is 24.3 Å². The lowest BCUT2D eigenvalue weighted by atomic mass is 10.3. The Balaban J connectivity index is 2.08. The fourth-order valence-corrected chi connectivity index (χ4v) is 1.36. The average Bonchev–Trinajstić information content (AvgIpc) is 2.81. The quantitative estimate of drug-likeness (QED) is 0.818. The van der Waals surface area contributed by atoms with Crippen LogP contribution in [0.1, 0.15) is 16.3 Å². The van der Waals surface area contributed by atoms with Crippen LogP contribution in [0.4, 0.5) is 5.69 Å². The van der Waals surface area contributed by atoms with Crippen molar-refractivity contribution in [2.75, 3.05) is 5.32 Å². The third kappa shape index (κ3) is 2.83. The SMILES string of the molecule is NCc1ccc(C(=O)Nc2ccc(Cl)nc2)o1. The molecule has 0 fully saturated rings. The van der Waals surface area contributed by atoms with Crippen molar-refractivity contribution in [3.05, 3.63) is 47.1 Å². The van der Waals surface area contributed by atoms with Gasteiger partial charge in [-0.2, -0.15) is 0 Å². The maximum atomic E-state index is 11.7. The number of anilines is 1. The van der Waals surface area contributed by atoms with Crippen LogP contribution in [-0.4, -0.2) is 10.9 Å². The molecule has 2 aromatic heterocycles. The predicted molar refractivity (Wildman–Crippen MR) is 63.8 cm³/mol. The number of nitrogens with zero attached hydrogens (tertiary/aromatic N) is 1. The summed E-state index contributed by atoms with van der Waals surface area (Å²) >= 11 is 5.63. The molecule has 88 valence electrons. The van der Waals surface area contributed by atoms with E-state index in [2.05, 4.69) is 10.3 Å². The van der Waals surface area contributed by atoms with Crippen molar-refractivity contribution >= 4 is 23.2 Å². The Morgan fingerprint density at radius 3 is 2.82 bits per heavy atom. The molecule has 0 spiro atoms. The molecule has 3 N–H and O–H groups in total. The van der Waals surface area contributed by atoms with Gasteiger partial charge in [0, 0.05) is 0 Å². The first-order valence-corrected chi connectivity index (χ1v) is 5.28. The van der Waals surface area contributed by atoms with Crippen LogP contribution in [0.5, 0.6) is 0 Å².